The molecule has 2 aliphatic rings. The molecular weight excluding hydrogens is 262 g/mol. The van der Waals surface area contributed by atoms with E-state index in [1.165, 1.54) is 19.4 Å². The van der Waals surface area contributed by atoms with Gasteiger partial charge in [-0.3, -0.25) is 4.79 Å². The Bertz CT molecular complexity index is 356. The second-order valence-corrected chi connectivity index (χ2v) is 7.78. The number of carbonyl (C=O) groups is 1. The van der Waals surface area contributed by atoms with Gasteiger partial charge in [0.25, 0.3) is 0 Å². The predicted molar refractivity (Wildman–Crippen MR) is 87.0 cm³/mol. The summed E-state index contributed by atoms with van der Waals surface area (Å²) in [5.41, 5.74) is 5.84. The smallest absolute Gasteiger partial charge is 0.222 e. The molecule has 0 radical (unpaired) electrons. The van der Waals surface area contributed by atoms with Crippen LogP contribution in [0.3, 0.4) is 0 Å². The van der Waals surface area contributed by atoms with Gasteiger partial charge in [0.2, 0.25) is 5.91 Å². The number of likely N-dealkylation sites (tertiary alicyclic amines) is 2. The summed E-state index contributed by atoms with van der Waals surface area (Å²) in [5.74, 6) is 1.05. The van der Waals surface area contributed by atoms with Crippen molar-refractivity contribution in [1.82, 2.24) is 9.80 Å². The minimum atomic E-state index is 0.188. The van der Waals surface area contributed by atoms with E-state index in [1.807, 2.05) is 0 Å². The minimum absolute atomic E-state index is 0.188. The molecule has 2 N–H and O–H groups in total. The molecule has 0 aromatic heterocycles. The number of piperidine rings is 2. The van der Waals surface area contributed by atoms with E-state index in [0.717, 1.165) is 32.4 Å². The lowest BCUT2D eigenvalue weighted by Gasteiger charge is -2.46. The maximum Gasteiger partial charge on any atom is 0.222 e. The van der Waals surface area contributed by atoms with E-state index >= 15 is 0 Å². The second kappa shape index (κ2) is 7.10. The Hall–Kier alpha value is -0.610. The van der Waals surface area contributed by atoms with E-state index in [-0.39, 0.29) is 5.41 Å². The largest absolute Gasteiger partial charge is 0.342 e. The van der Waals surface area contributed by atoms with Crippen LogP contribution in [0.15, 0.2) is 0 Å². The number of hydrogen-bond acceptors (Lipinski definition) is 3. The van der Waals surface area contributed by atoms with Crippen molar-refractivity contribution < 1.29 is 4.79 Å². The third kappa shape index (κ3) is 4.43. The summed E-state index contributed by atoms with van der Waals surface area (Å²) in [6.45, 7) is 8.29. The van der Waals surface area contributed by atoms with Gasteiger partial charge >= 0.3 is 0 Å². The molecule has 0 aromatic rings. The Morgan fingerprint density at radius 3 is 2.71 bits per heavy atom. The van der Waals surface area contributed by atoms with Crippen molar-refractivity contribution in [2.75, 3.05) is 33.2 Å². The molecule has 2 rings (SSSR count). The van der Waals surface area contributed by atoms with Crippen LogP contribution in [0.5, 0.6) is 0 Å². The van der Waals surface area contributed by atoms with Gasteiger partial charge in [0.05, 0.1) is 0 Å². The quantitative estimate of drug-likeness (QED) is 0.845. The van der Waals surface area contributed by atoms with Gasteiger partial charge in [0.1, 0.15) is 0 Å². The average molecular weight is 295 g/mol. The van der Waals surface area contributed by atoms with Crippen LogP contribution in [0, 0.1) is 11.3 Å². The second-order valence-electron chi connectivity index (χ2n) is 7.78. The van der Waals surface area contributed by atoms with Crippen LogP contribution in [-0.2, 0) is 4.79 Å². The lowest BCUT2D eigenvalue weighted by molar-refractivity contribution is -0.135. The van der Waals surface area contributed by atoms with Gasteiger partial charge in [-0.2, -0.15) is 0 Å². The molecule has 21 heavy (non-hydrogen) atoms. The fraction of sp³-hybridized carbons (Fsp3) is 0.941. The summed E-state index contributed by atoms with van der Waals surface area (Å²) in [4.78, 5) is 17.1. The van der Waals surface area contributed by atoms with Crippen molar-refractivity contribution in [3.63, 3.8) is 0 Å². The molecular formula is C17H33N3O. The Labute approximate surface area is 130 Å². The van der Waals surface area contributed by atoms with Crippen LogP contribution in [0.4, 0.5) is 0 Å². The lowest BCUT2D eigenvalue weighted by atomic mass is 9.82. The van der Waals surface area contributed by atoms with Crippen LogP contribution in [0.25, 0.3) is 0 Å². The highest BCUT2D eigenvalue weighted by Gasteiger charge is 2.35. The predicted octanol–water partition coefficient (Wildman–Crippen LogP) is 2.08. The van der Waals surface area contributed by atoms with E-state index in [9.17, 15) is 4.79 Å². The van der Waals surface area contributed by atoms with Gasteiger partial charge in [0.15, 0.2) is 0 Å². The first-order valence-corrected chi connectivity index (χ1v) is 8.61. The van der Waals surface area contributed by atoms with E-state index < -0.39 is 0 Å². The molecule has 4 nitrogen and oxygen atoms in total. The molecule has 0 aliphatic carbocycles. The first-order valence-electron chi connectivity index (χ1n) is 8.61. The number of rotatable bonds is 5. The monoisotopic (exact) mass is 295 g/mol. The molecule has 1 amide bonds. The SMILES string of the molecule is CN1CCCC2CN(C(=O)CCC(C)(C)CCN)CCC21. The third-order valence-corrected chi connectivity index (χ3v) is 5.54. The minimum Gasteiger partial charge on any atom is -0.342 e. The summed E-state index contributed by atoms with van der Waals surface area (Å²) in [7, 11) is 2.24. The van der Waals surface area contributed by atoms with Crippen LogP contribution < -0.4 is 5.73 Å². The Kier molecular flexibility index (Phi) is 5.67. The normalized spacial score (nSPS) is 27.5. The maximum absolute atomic E-state index is 12.5. The number of hydrogen-bond donors (Lipinski definition) is 1. The number of nitrogens with two attached hydrogens (primary N) is 1. The standard InChI is InChI=1S/C17H33N3O/c1-17(2,9-10-18)8-6-16(21)20-12-7-15-14(13-20)5-4-11-19(15)3/h14-15H,4-13,18H2,1-3H3. The molecule has 2 saturated heterocycles. The van der Waals surface area contributed by atoms with Crippen molar-refractivity contribution in [2.45, 2.75) is 58.4 Å². The third-order valence-electron chi connectivity index (χ3n) is 5.54. The van der Waals surface area contributed by atoms with E-state index in [0.29, 0.717) is 30.8 Å². The fourth-order valence-corrected chi connectivity index (χ4v) is 4.00. The summed E-state index contributed by atoms with van der Waals surface area (Å²) < 4.78 is 0. The fourth-order valence-electron chi connectivity index (χ4n) is 4.00. The molecule has 2 fully saturated rings. The zero-order valence-electron chi connectivity index (χ0n) is 14.1. The molecule has 2 unspecified atom stereocenters. The van der Waals surface area contributed by atoms with Crippen LogP contribution in [0.2, 0.25) is 0 Å². The average Bonchev–Trinajstić information content (AvgIpc) is 2.45. The first kappa shape index (κ1) is 16.8. The van der Waals surface area contributed by atoms with E-state index in [4.69, 9.17) is 5.73 Å². The Morgan fingerprint density at radius 1 is 1.24 bits per heavy atom. The van der Waals surface area contributed by atoms with Crippen LogP contribution >= 0.6 is 0 Å². The lowest BCUT2D eigenvalue weighted by Crippen LogP contribution is -2.53. The first-order chi connectivity index (χ1) is 9.93. The van der Waals surface area contributed by atoms with Gasteiger partial charge < -0.3 is 15.5 Å². The molecule has 2 atom stereocenters. The zero-order chi connectivity index (χ0) is 15.5. The number of fused-ring (bicyclic) bond motifs is 1. The van der Waals surface area contributed by atoms with E-state index in [1.54, 1.807) is 0 Å². The topological polar surface area (TPSA) is 49.6 Å². The van der Waals surface area contributed by atoms with Crippen molar-refractivity contribution >= 4 is 5.91 Å². The molecule has 0 spiro atoms. The van der Waals surface area contributed by atoms with Crippen molar-refractivity contribution in [1.29, 1.82) is 0 Å². The molecule has 2 heterocycles. The van der Waals surface area contributed by atoms with Gasteiger partial charge in [-0.15, -0.1) is 0 Å². The maximum atomic E-state index is 12.5. The van der Waals surface area contributed by atoms with Crippen LogP contribution in [-0.4, -0.2) is 55.0 Å². The number of amides is 1. The summed E-state index contributed by atoms with van der Waals surface area (Å²) in [5, 5.41) is 0. The summed E-state index contributed by atoms with van der Waals surface area (Å²) in [6, 6.07) is 0.705. The number of nitrogens with zero attached hydrogens (tertiary/aromatic N) is 2. The molecule has 0 aromatic carbocycles. The molecule has 4 heteroatoms. The molecule has 122 valence electrons. The van der Waals surface area contributed by atoms with Gasteiger partial charge in [-0.1, -0.05) is 13.8 Å². The van der Waals surface area contributed by atoms with Crippen molar-refractivity contribution in [3.8, 4) is 0 Å². The number of carbonyl (C=O) groups excluding carboxylic acids is 1. The van der Waals surface area contributed by atoms with Gasteiger partial charge in [-0.05, 0) is 63.6 Å². The zero-order valence-corrected chi connectivity index (χ0v) is 14.1. The highest BCUT2D eigenvalue weighted by molar-refractivity contribution is 5.76. The van der Waals surface area contributed by atoms with Crippen LogP contribution in [0.1, 0.15) is 52.4 Å². The molecule has 0 saturated carbocycles. The molecule has 0 bridgehead atoms. The summed E-state index contributed by atoms with van der Waals surface area (Å²) >= 11 is 0. The highest BCUT2D eigenvalue weighted by atomic mass is 16.2. The summed E-state index contributed by atoms with van der Waals surface area (Å²) in [6.07, 6.45) is 6.35. The van der Waals surface area contributed by atoms with Crippen molar-refractivity contribution in [3.05, 3.63) is 0 Å². The van der Waals surface area contributed by atoms with Gasteiger partial charge in [0, 0.05) is 25.6 Å². The highest BCUT2D eigenvalue weighted by Crippen LogP contribution is 2.31. The Morgan fingerprint density at radius 2 is 2.00 bits per heavy atom. The van der Waals surface area contributed by atoms with Gasteiger partial charge in [-0.25, -0.2) is 0 Å². The Balaban J connectivity index is 1.81. The van der Waals surface area contributed by atoms with E-state index in [2.05, 4.69) is 30.7 Å². The molecule has 2 aliphatic heterocycles. The van der Waals surface area contributed by atoms with Crippen molar-refractivity contribution in [2.24, 2.45) is 17.1 Å².